The molecule has 2 aromatic rings. The number of amides is 1. The van der Waals surface area contributed by atoms with Crippen LogP contribution < -0.4 is 5.32 Å². The summed E-state index contributed by atoms with van der Waals surface area (Å²) >= 11 is 0. The van der Waals surface area contributed by atoms with Gasteiger partial charge in [0, 0.05) is 11.3 Å². The smallest absolute Gasteiger partial charge is 0.322 e. The van der Waals surface area contributed by atoms with Gasteiger partial charge in [0.15, 0.2) is 0 Å². The van der Waals surface area contributed by atoms with Gasteiger partial charge in [-0.05, 0) is 42.5 Å². The van der Waals surface area contributed by atoms with Crippen LogP contribution in [-0.2, 0) is 12.4 Å². The highest BCUT2D eigenvalue weighted by molar-refractivity contribution is 6.04. The lowest BCUT2D eigenvalue weighted by Crippen LogP contribution is -2.17. The molecular formula is C16H8F6N2O. The van der Waals surface area contributed by atoms with Crippen LogP contribution in [0.15, 0.2) is 42.5 Å². The molecule has 2 aromatic carbocycles. The van der Waals surface area contributed by atoms with Crippen LogP contribution in [0.1, 0.15) is 27.0 Å². The highest BCUT2D eigenvalue weighted by Crippen LogP contribution is 2.36. The van der Waals surface area contributed by atoms with Crippen molar-refractivity contribution < 1.29 is 31.1 Å². The molecule has 0 aliphatic heterocycles. The van der Waals surface area contributed by atoms with Crippen molar-refractivity contribution in [2.45, 2.75) is 12.4 Å². The Kier molecular flexibility index (Phi) is 4.74. The van der Waals surface area contributed by atoms with Gasteiger partial charge < -0.3 is 5.32 Å². The summed E-state index contributed by atoms with van der Waals surface area (Å²) in [6.07, 6.45) is -10.1. The predicted molar refractivity (Wildman–Crippen MR) is 75.6 cm³/mol. The summed E-state index contributed by atoms with van der Waals surface area (Å²) in [5.41, 5.74) is -3.54. The molecule has 0 heterocycles. The first-order valence-corrected chi connectivity index (χ1v) is 6.62. The summed E-state index contributed by atoms with van der Waals surface area (Å²) in [5, 5.41) is 10.8. The van der Waals surface area contributed by atoms with Gasteiger partial charge in [-0.3, -0.25) is 4.79 Å². The molecule has 0 aromatic heterocycles. The lowest BCUT2D eigenvalue weighted by atomic mass is 10.0. The van der Waals surface area contributed by atoms with Gasteiger partial charge in [0.2, 0.25) is 0 Å². The third-order valence-electron chi connectivity index (χ3n) is 3.12. The molecule has 0 bridgehead atoms. The molecule has 0 atom stereocenters. The molecule has 0 aliphatic rings. The predicted octanol–water partition coefficient (Wildman–Crippen LogP) is 4.85. The highest BCUT2D eigenvalue weighted by Gasteiger charge is 2.37. The third-order valence-corrected chi connectivity index (χ3v) is 3.12. The Balaban J connectivity index is 2.39. The second kappa shape index (κ2) is 6.47. The quantitative estimate of drug-likeness (QED) is 0.781. The first-order chi connectivity index (χ1) is 11.5. The number of anilines is 1. The first-order valence-electron chi connectivity index (χ1n) is 6.62. The normalized spacial score (nSPS) is 11.7. The maximum absolute atomic E-state index is 12.8. The largest absolute Gasteiger partial charge is 0.416 e. The minimum absolute atomic E-state index is 0.0571. The number of rotatable bonds is 2. The number of hydrogen-bond donors (Lipinski definition) is 1. The molecule has 0 unspecified atom stereocenters. The van der Waals surface area contributed by atoms with E-state index in [1.54, 1.807) is 0 Å². The first kappa shape index (κ1) is 18.3. The molecule has 0 spiro atoms. The highest BCUT2D eigenvalue weighted by atomic mass is 19.4. The average molecular weight is 358 g/mol. The number of carbonyl (C=O) groups excluding carboxylic acids is 1. The number of nitrogens with one attached hydrogen (secondary N) is 1. The Hall–Kier alpha value is -3.02. The lowest BCUT2D eigenvalue weighted by molar-refractivity contribution is -0.143. The average Bonchev–Trinajstić information content (AvgIpc) is 2.53. The molecule has 0 saturated heterocycles. The molecule has 1 N–H and O–H groups in total. The zero-order valence-corrected chi connectivity index (χ0v) is 12.2. The summed E-state index contributed by atoms with van der Waals surface area (Å²) in [7, 11) is 0. The van der Waals surface area contributed by atoms with Crippen molar-refractivity contribution in [3.05, 3.63) is 64.7 Å². The van der Waals surface area contributed by atoms with Gasteiger partial charge in [-0.15, -0.1) is 0 Å². The SMILES string of the molecule is N#Cc1ccc(NC(=O)c2cc(C(F)(F)F)cc(C(F)(F)F)c2)cc1. The maximum Gasteiger partial charge on any atom is 0.416 e. The van der Waals surface area contributed by atoms with Crippen molar-refractivity contribution in [3.8, 4) is 6.07 Å². The number of nitrogens with zero attached hydrogens (tertiary/aromatic N) is 1. The van der Waals surface area contributed by atoms with Crippen LogP contribution in [-0.4, -0.2) is 5.91 Å². The van der Waals surface area contributed by atoms with Gasteiger partial charge in [-0.25, -0.2) is 0 Å². The molecule has 130 valence electrons. The fourth-order valence-corrected chi connectivity index (χ4v) is 1.92. The van der Waals surface area contributed by atoms with Gasteiger partial charge >= 0.3 is 12.4 Å². The molecular weight excluding hydrogens is 350 g/mol. The molecule has 0 saturated carbocycles. The molecule has 1 amide bonds. The van der Waals surface area contributed by atoms with Crippen molar-refractivity contribution in [1.29, 1.82) is 5.26 Å². The number of hydrogen-bond acceptors (Lipinski definition) is 2. The van der Waals surface area contributed by atoms with Crippen LogP contribution in [0, 0.1) is 11.3 Å². The summed E-state index contributed by atoms with van der Waals surface area (Å²) in [6.45, 7) is 0. The van der Waals surface area contributed by atoms with Gasteiger partial charge in [0.1, 0.15) is 0 Å². The maximum atomic E-state index is 12.8. The van der Waals surface area contributed by atoms with E-state index in [1.807, 2.05) is 6.07 Å². The lowest BCUT2D eigenvalue weighted by Gasteiger charge is -2.14. The fourth-order valence-electron chi connectivity index (χ4n) is 1.92. The van der Waals surface area contributed by atoms with Gasteiger partial charge in [-0.2, -0.15) is 31.6 Å². The van der Waals surface area contributed by atoms with E-state index in [-0.39, 0.29) is 17.3 Å². The van der Waals surface area contributed by atoms with Gasteiger partial charge in [-0.1, -0.05) is 0 Å². The fraction of sp³-hybridized carbons (Fsp3) is 0.125. The Labute approximate surface area is 137 Å². The topological polar surface area (TPSA) is 52.9 Å². The van der Waals surface area contributed by atoms with E-state index in [4.69, 9.17) is 5.26 Å². The van der Waals surface area contributed by atoms with E-state index >= 15 is 0 Å². The number of nitriles is 1. The van der Waals surface area contributed by atoms with Gasteiger partial charge in [0.05, 0.1) is 22.8 Å². The number of carbonyl (C=O) groups is 1. The molecule has 0 radical (unpaired) electrons. The van der Waals surface area contributed by atoms with Crippen LogP contribution in [0.2, 0.25) is 0 Å². The van der Waals surface area contributed by atoms with Crippen LogP contribution >= 0.6 is 0 Å². The van der Waals surface area contributed by atoms with Crippen molar-refractivity contribution in [2.24, 2.45) is 0 Å². The van der Waals surface area contributed by atoms with E-state index in [9.17, 15) is 31.1 Å². The Morgan fingerprint density at radius 3 is 1.76 bits per heavy atom. The van der Waals surface area contributed by atoms with Gasteiger partial charge in [0.25, 0.3) is 5.91 Å². The van der Waals surface area contributed by atoms with Crippen molar-refractivity contribution in [2.75, 3.05) is 5.32 Å². The molecule has 25 heavy (non-hydrogen) atoms. The minimum atomic E-state index is -5.04. The minimum Gasteiger partial charge on any atom is -0.322 e. The van der Waals surface area contributed by atoms with E-state index in [1.165, 1.54) is 24.3 Å². The summed E-state index contributed by atoms with van der Waals surface area (Å²) in [5.74, 6) is -1.14. The zero-order valence-electron chi connectivity index (χ0n) is 12.2. The molecule has 0 fully saturated rings. The summed E-state index contributed by atoms with van der Waals surface area (Å²) in [4.78, 5) is 12.0. The molecule has 0 aliphatic carbocycles. The van der Waals surface area contributed by atoms with Crippen LogP contribution in [0.25, 0.3) is 0 Å². The Morgan fingerprint density at radius 1 is 0.880 bits per heavy atom. The number of alkyl halides is 6. The third kappa shape index (κ3) is 4.50. The molecule has 2 rings (SSSR count). The Bertz CT molecular complexity index is 799. The van der Waals surface area contributed by atoms with Crippen molar-refractivity contribution in [3.63, 3.8) is 0 Å². The standard InChI is InChI=1S/C16H8F6N2O/c17-15(18,19)11-5-10(6-12(7-11)16(20,21)22)14(25)24-13-3-1-9(8-23)2-4-13/h1-7H,(H,24,25). The van der Waals surface area contributed by atoms with E-state index in [0.717, 1.165) is 0 Å². The Morgan fingerprint density at radius 2 is 1.36 bits per heavy atom. The number of benzene rings is 2. The van der Waals surface area contributed by atoms with Crippen LogP contribution in [0.3, 0.4) is 0 Å². The second-order valence-corrected chi connectivity index (χ2v) is 4.94. The van der Waals surface area contributed by atoms with Crippen molar-refractivity contribution >= 4 is 11.6 Å². The molecule has 9 heteroatoms. The number of halogens is 6. The van der Waals surface area contributed by atoms with Crippen LogP contribution in [0.4, 0.5) is 32.0 Å². The zero-order chi connectivity index (χ0) is 18.8. The summed E-state index contributed by atoms with van der Waals surface area (Å²) in [6, 6.07) is 7.72. The second-order valence-electron chi connectivity index (χ2n) is 4.94. The molecule has 3 nitrogen and oxygen atoms in total. The summed E-state index contributed by atoms with van der Waals surface area (Å²) < 4.78 is 76.7. The monoisotopic (exact) mass is 358 g/mol. The van der Waals surface area contributed by atoms with Crippen LogP contribution in [0.5, 0.6) is 0 Å². The van der Waals surface area contributed by atoms with E-state index < -0.39 is 35.0 Å². The van der Waals surface area contributed by atoms with E-state index in [0.29, 0.717) is 12.1 Å². The van der Waals surface area contributed by atoms with E-state index in [2.05, 4.69) is 5.32 Å². The van der Waals surface area contributed by atoms with Crippen molar-refractivity contribution in [1.82, 2.24) is 0 Å².